The van der Waals surface area contributed by atoms with E-state index in [-0.39, 0.29) is 0 Å². The molecule has 5 heavy (non-hydrogen) atoms. The highest BCUT2D eigenvalue weighted by Crippen LogP contribution is 1.99. The Labute approximate surface area is 47.9 Å². The third kappa shape index (κ3) is 4.79. The number of hydrogen-bond acceptors (Lipinski definition) is 0. The van der Waals surface area contributed by atoms with Gasteiger partial charge in [-0.2, -0.15) is 0 Å². The molecule has 2 radical (unpaired) electrons. The Bertz CT molecular complexity index is 20.9. The first-order valence-corrected chi connectivity index (χ1v) is 2.86. The van der Waals surface area contributed by atoms with Crippen molar-refractivity contribution in [2.75, 3.05) is 0 Å². The van der Waals surface area contributed by atoms with E-state index in [4.69, 9.17) is 7.85 Å². The third-order valence-corrected chi connectivity index (χ3v) is 0.833. The molecular weight excluding hydrogens is 174 g/mol. The quantitative estimate of drug-likeness (QED) is 0.325. The van der Waals surface area contributed by atoms with Crippen molar-refractivity contribution < 1.29 is 0 Å². The lowest BCUT2D eigenvalue weighted by Crippen LogP contribution is -1.82. The van der Waals surface area contributed by atoms with Crippen LogP contribution in [0.5, 0.6) is 0 Å². The van der Waals surface area contributed by atoms with Gasteiger partial charge in [-0.25, -0.2) is 0 Å². The Kier molecular flexibility index (Phi) is 3.48. The first-order valence-electron chi connectivity index (χ1n) is 1.61. The highest BCUT2D eigenvalue weighted by atomic mass is 127. The van der Waals surface area contributed by atoms with Gasteiger partial charge in [0.25, 0.3) is 0 Å². The maximum absolute atomic E-state index is 5.16. The van der Waals surface area contributed by atoms with E-state index in [0.717, 1.165) is 6.32 Å². The van der Waals surface area contributed by atoms with Crippen molar-refractivity contribution in [3.05, 3.63) is 0 Å². The highest BCUT2D eigenvalue weighted by molar-refractivity contribution is 14.1. The van der Waals surface area contributed by atoms with Gasteiger partial charge in [-0.15, -0.1) is 0 Å². The molecule has 0 aliphatic carbocycles. The summed E-state index contributed by atoms with van der Waals surface area (Å²) >= 11 is 2.28. The monoisotopic (exact) mass is 180 g/mol. The van der Waals surface area contributed by atoms with Crippen molar-refractivity contribution in [2.24, 2.45) is 0 Å². The zero-order valence-corrected chi connectivity index (χ0v) is 5.40. The molecule has 0 saturated carbocycles. The minimum absolute atomic E-state index is 0.632. The number of rotatable bonds is 1. The predicted molar refractivity (Wildman–Crippen MR) is 34.0 cm³/mol. The average molecular weight is 180 g/mol. The first kappa shape index (κ1) is 5.79. The zero-order chi connectivity index (χ0) is 4.28. The van der Waals surface area contributed by atoms with Gasteiger partial charge in [0.15, 0.2) is 0 Å². The molecule has 0 N–H and O–H groups in total. The fourth-order valence-electron chi connectivity index (χ4n) is 0. The molecule has 0 aromatic rings. The van der Waals surface area contributed by atoms with Crippen molar-refractivity contribution in [3.8, 4) is 0 Å². The SMILES string of the molecule is [B]CC(C)I. The molecule has 28 valence electrons. The molecule has 0 nitrogen and oxygen atoms in total. The van der Waals surface area contributed by atoms with Crippen LogP contribution in [0.1, 0.15) is 6.92 Å². The molecule has 2 heteroatoms. The lowest BCUT2D eigenvalue weighted by molar-refractivity contribution is 1.16. The fraction of sp³-hybridized carbons (Fsp3) is 1.00. The van der Waals surface area contributed by atoms with Gasteiger partial charge in [0.2, 0.25) is 0 Å². The molecule has 0 amide bonds. The van der Waals surface area contributed by atoms with Crippen molar-refractivity contribution in [1.82, 2.24) is 0 Å². The van der Waals surface area contributed by atoms with Gasteiger partial charge in [-0.05, 0) is 0 Å². The van der Waals surface area contributed by atoms with Crippen LogP contribution in [-0.4, -0.2) is 11.8 Å². The molecule has 0 heterocycles. The van der Waals surface area contributed by atoms with Gasteiger partial charge in [-0.3, -0.25) is 0 Å². The van der Waals surface area contributed by atoms with Gasteiger partial charge >= 0.3 is 0 Å². The van der Waals surface area contributed by atoms with Gasteiger partial charge in [-0.1, -0.05) is 35.8 Å². The number of alkyl halides is 1. The third-order valence-electron chi connectivity index (χ3n) is 0.325. The van der Waals surface area contributed by atoms with Crippen molar-refractivity contribution in [2.45, 2.75) is 17.2 Å². The summed E-state index contributed by atoms with van der Waals surface area (Å²) in [4.78, 5) is 0. The molecule has 0 fully saturated rings. The topological polar surface area (TPSA) is 0 Å². The Morgan fingerprint density at radius 1 is 2.00 bits per heavy atom. The van der Waals surface area contributed by atoms with Gasteiger partial charge in [0.1, 0.15) is 0 Å². The molecule has 0 bridgehead atoms. The highest BCUT2D eigenvalue weighted by Gasteiger charge is 1.82. The van der Waals surface area contributed by atoms with Crippen molar-refractivity contribution in [3.63, 3.8) is 0 Å². The van der Waals surface area contributed by atoms with Crippen LogP contribution in [0.3, 0.4) is 0 Å². The Balaban J connectivity index is 2.54. The summed E-state index contributed by atoms with van der Waals surface area (Å²) in [7, 11) is 5.16. The summed E-state index contributed by atoms with van der Waals surface area (Å²) in [5.41, 5.74) is 0. The summed E-state index contributed by atoms with van der Waals surface area (Å²) < 4.78 is 0.632. The molecule has 1 atom stereocenters. The van der Waals surface area contributed by atoms with E-state index in [0.29, 0.717) is 3.92 Å². The molecule has 1 unspecified atom stereocenters. The molecule has 0 spiro atoms. The fourth-order valence-corrected chi connectivity index (χ4v) is 0. The van der Waals surface area contributed by atoms with Crippen molar-refractivity contribution >= 4 is 30.4 Å². The lowest BCUT2D eigenvalue weighted by atomic mass is 10.0. The second-order valence-electron chi connectivity index (χ2n) is 1.02. The minimum atomic E-state index is 0.632. The molecule has 0 aliphatic rings. The molecule has 0 aromatic carbocycles. The summed E-state index contributed by atoms with van der Waals surface area (Å²) in [6.07, 6.45) is 0.792. The van der Waals surface area contributed by atoms with E-state index in [2.05, 4.69) is 29.5 Å². The predicted octanol–water partition coefficient (Wildman–Crippen LogP) is 1.40. The van der Waals surface area contributed by atoms with Crippen LogP contribution in [-0.2, 0) is 0 Å². The van der Waals surface area contributed by atoms with E-state index in [1.807, 2.05) is 0 Å². The van der Waals surface area contributed by atoms with Crippen LogP contribution in [0.2, 0.25) is 6.32 Å². The van der Waals surface area contributed by atoms with E-state index in [1.54, 1.807) is 0 Å². The van der Waals surface area contributed by atoms with Gasteiger partial charge in [0, 0.05) is 3.92 Å². The molecule has 0 aliphatic heterocycles. The van der Waals surface area contributed by atoms with Crippen LogP contribution < -0.4 is 0 Å². The van der Waals surface area contributed by atoms with Crippen LogP contribution in [0, 0.1) is 0 Å². The average Bonchev–Trinajstić information content (AvgIpc) is 1.38. The zero-order valence-electron chi connectivity index (χ0n) is 3.24. The van der Waals surface area contributed by atoms with E-state index >= 15 is 0 Å². The van der Waals surface area contributed by atoms with Gasteiger partial charge in [0.05, 0.1) is 7.85 Å². The number of hydrogen-bond donors (Lipinski definition) is 0. The summed E-state index contributed by atoms with van der Waals surface area (Å²) in [6, 6.07) is 0. The summed E-state index contributed by atoms with van der Waals surface area (Å²) in [5.74, 6) is 0. The van der Waals surface area contributed by atoms with E-state index in [1.165, 1.54) is 0 Å². The molecule has 0 rings (SSSR count). The van der Waals surface area contributed by atoms with E-state index in [9.17, 15) is 0 Å². The maximum atomic E-state index is 5.16. The summed E-state index contributed by atoms with van der Waals surface area (Å²) in [6.45, 7) is 2.08. The number of halogens is 1. The normalized spacial score (nSPS) is 14.8. The van der Waals surface area contributed by atoms with Crippen LogP contribution in [0.15, 0.2) is 0 Å². The minimum Gasteiger partial charge on any atom is -0.0837 e. The molecule has 0 saturated heterocycles. The first-order chi connectivity index (χ1) is 2.27. The smallest absolute Gasteiger partial charge is 0.0666 e. The lowest BCUT2D eigenvalue weighted by Gasteiger charge is -1.88. The molecular formula is C3H6BI. The van der Waals surface area contributed by atoms with Crippen LogP contribution >= 0.6 is 22.6 Å². The van der Waals surface area contributed by atoms with Crippen LogP contribution in [0.25, 0.3) is 0 Å². The maximum Gasteiger partial charge on any atom is 0.0666 e. The van der Waals surface area contributed by atoms with Crippen molar-refractivity contribution in [1.29, 1.82) is 0 Å². The Morgan fingerprint density at radius 2 is 2.20 bits per heavy atom. The Hall–Kier alpha value is 0.795. The Morgan fingerprint density at radius 3 is 2.20 bits per heavy atom. The van der Waals surface area contributed by atoms with Crippen LogP contribution in [0.4, 0.5) is 0 Å². The standard InChI is InChI=1S/C3H6BI/c1-3(5)2-4/h3H,2H2,1H3. The van der Waals surface area contributed by atoms with Gasteiger partial charge < -0.3 is 0 Å². The second-order valence-corrected chi connectivity index (χ2v) is 3.14. The molecule has 0 aromatic heterocycles. The summed E-state index contributed by atoms with van der Waals surface area (Å²) in [5, 5.41) is 0. The second kappa shape index (κ2) is 3.00. The largest absolute Gasteiger partial charge is 0.0837 e. The van der Waals surface area contributed by atoms with E-state index < -0.39 is 0 Å².